The topological polar surface area (TPSA) is 34.1 Å². The van der Waals surface area contributed by atoms with Gasteiger partial charge in [-0.15, -0.1) is 0 Å². The summed E-state index contributed by atoms with van der Waals surface area (Å²) in [6, 6.07) is 12.5. The van der Waals surface area contributed by atoms with Crippen LogP contribution in [0.25, 0.3) is 0 Å². The molecule has 2 heterocycles. The van der Waals surface area contributed by atoms with Crippen LogP contribution in [0.5, 0.6) is 5.75 Å². The largest absolute Gasteiger partial charge is 0.493 e. The molecule has 2 aromatic rings. The number of anilines is 1. The highest BCUT2D eigenvalue weighted by Gasteiger charge is 2.20. The van der Waals surface area contributed by atoms with Gasteiger partial charge in [0, 0.05) is 30.1 Å². The first-order chi connectivity index (χ1) is 8.43. The summed E-state index contributed by atoms with van der Waals surface area (Å²) >= 11 is 0. The molecule has 1 N–H and O–H groups in total. The first kappa shape index (κ1) is 10.1. The number of hydrogen-bond donors (Lipinski definition) is 1. The van der Waals surface area contributed by atoms with Crippen LogP contribution in [-0.4, -0.2) is 11.6 Å². The predicted molar refractivity (Wildman–Crippen MR) is 67.2 cm³/mol. The second-order valence-electron chi connectivity index (χ2n) is 4.11. The fourth-order valence-corrected chi connectivity index (χ4v) is 2.14. The summed E-state index contributed by atoms with van der Waals surface area (Å²) in [5.74, 6) is 0.991. The van der Waals surface area contributed by atoms with E-state index in [0.717, 1.165) is 24.5 Å². The molecule has 1 aliphatic rings. The van der Waals surface area contributed by atoms with Crippen molar-refractivity contribution in [2.75, 3.05) is 11.9 Å². The van der Waals surface area contributed by atoms with Gasteiger partial charge < -0.3 is 10.1 Å². The molecule has 0 fully saturated rings. The lowest BCUT2D eigenvalue weighted by Gasteiger charge is -2.27. The highest BCUT2D eigenvalue weighted by molar-refractivity contribution is 5.47. The molecule has 1 aromatic carbocycles. The van der Waals surface area contributed by atoms with E-state index in [1.54, 1.807) is 12.4 Å². The molecule has 17 heavy (non-hydrogen) atoms. The highest BCUT2D eigenvalue weighted by Crippen LogP contribution is 2.33. The number of nitrogens with zero attached hydrogens (tertiary/aromatic N) is 1. The van der Waals surface area contributed by atoms with E-state index in [9.17, 15) is 0 Å². The number of ether oxygens (including phenoxy) is 1. The number of aromatic nitrogens is 1. The predicted octanol–water partition coefficient (Wildman–Crippen LogP) is 3.02. The molecule has 86 valence electrons. The third-order valence-corrected chi connectivity index (χ3v) is 2.98. The lowest BCUT2D eigenvalue weighted by atomic mass is 10.0. The van der Waals surface area contributed by atoms with Gasteiger partial charge in [0.15, 0.2) is 0 Å². The monoisotopic (exact) mass is 226 g/mol. The molecule has 0 bridgehead atoms. The Bertz CT molecular complexity index is 499. The minimum absolute atomic E-state index is 0.322. The van der Waals surface area contributed by atoms with Crippen molar-refractivity contribution in [3.63, 3.8) is 0 Å². The Morgan fingerprint density at radius 2 is 1.94 bits per heavy atom. The van der Waals surface area contributed by atoms with Crippen molar-refractivity contribution in [3.05, 3.63) is 54.4 Å². The van der Waals surface area contributed by atoms with Gasteiger partial charge in [0.25, 0.3) is 0 Å². The van der Waals surface area contributed by atoms with Gasteiger partial charge in [-0.05, 0) is 18.2 Å². The lowest BCUT2D eigenvalue weighted by Crippen LogP contribution is -2.20. The van der Waals surface area contributed by atoms with E-state index in [1.165, 1.54) is 5.56 Å². The summed E-state index contributed by atoms with van der Waals surface area (Å²) in [7, 11) is 0. The summed E-state index contributed by atoms with van der Waals surface area (Å²) < 4.78 is 5.64. The van der Waals surface area contributed by atoms with Crippen LogP contribution in [0.2, 0.25) is 0 Å². The van der Waals surface area contributed by atoms with Gasteiger partial charge in [-0.2, -0.15) is 0 Å². The SMILES string of the molecule is c1ccc2c(c1)OCCC2Nc1ccncc1. The smallest absolute Gasteiger partial charge is 0.124 e. The molecule has 0 aliphatic carbocycles. The van der Waals surface area contributed by atoms with Gasteiger partial charge >= 0.3 is 0 Å². The van der Waals surface area contributed by atoms with Crippen LogP contribution < -0.4 is 10.1 Å². The molecule has 0 spiro atoms. The summed E-state index contributed by atoms with van der Waals surface area (Å²) in [5, 5.41) is 3.52. The summed E-state index contributed by atoms with van der Waals surface area (Å²) in [5.41, 5.74) is 2.33. The molecule has 3 heteroatoms. The average molecular weight is 226 g/mol. The molecule has 0 radical (unpaired) electrons. The quantitative estimate of drug-likeness (QED) is 0.854. The number of rotatable bonds is 2. The van der Waals surface area contributed by atoms with Crippen molar-refractivity contribution in [1.82, 2.24) is 4.98 Å². The molecule has 3 nitrogen and oxygen atoms in total. The van der Waals surface area contributed by atoms with Crippen LogP contribution in [0.1, 0.15) is 18.0 Å². The van der Waals surface area contributed by atoms with Crippen LogP contribution in [0.4, 0.5) is 5.69 Å². The molecule has 1 atom stereocenters. The maximum atomic E-state index is 5.64. The van der Waals surface area contributed by atoms with Crippen molar-refractivity contribution in [1.29, 1.82) is 0 Å². The van der Waals surface area contributed by atoms with E-state index in [0.29, 0.717) is 6.04 Å². The van der Waals surface area contributed by atoms with Crippen molar-refractivity contribution < 1.29 is 4.74 Å². The van der Waals surface area contributed by atoms with E-state index in [4.69, 9.17) is 4.74 Å². The Morgan fingerprint density at radius 3 is 2.82 bits per heavy atom. The number of pyridine rings is 1. The van der Waals surface area contributed by atoms with Crippen LogP contribution in [-0.2, 0) is 0 Å². The third-order valence-electron chi connectivity index (χ3n) is 2.98. The van der Waals surface area contributed by atoms with Crippen molar-refractivity contribution in [3.8, 4) is 5.75 Å². The first-order valence-corrected chi connectivity index (χ1v) is 5.82. The van der Waals surface area contributed by atoms with Gasteiger partial charge in [0.05, 0.1) is 12.6 Å². The van der Waals surface area contributed by atoms with Crippen LogP contribution in [0, 0.1) is 0 Å². The fourth-order valence-electron chi connectivity index (χ4n) is 2.14. The van der Waals surface area contributed by atoms with E-state index in [-0.39, 0.29) is 0 Å². The highest BCUT2D eigenvalue weighted by atomic mass is 16.5. The van der Waals surface area contributed by atoms with Crippen LogP contribution >= 0.6 is 0 Å². The third kappa shape index (κ3) is 2.09. The van der Waals surface area contributed by atoms with Gasteiger partial charge in [0.2, 0.25) is 0 Å². The minimum Gasteiger partial charge on any atom is -0.493 e. The Balaban J connectivity index is 1.86. The standard InChI is InChI=1S/C14H14N2O/c1-2-4-14-12(3-1)13(7-10-17-14)16-11-5-8-15-9-6-11/h1-6,8-9,13H,7,10H2,(H,15,16). The van der Waals surface area contributed by atoms with Crippen LogP contribution in [0.15, 0.2) is 48.8 Å². The zero-order chi connectivity index (χ0) is 11.5. The van der Waals surface area contributed by atoms with Crippen molar-refractivity contribution in [2.24, 2.45) is 0 Å². The van der Waals surface area contributed by atoms with Crippen molar-refractivity contribution >= 4 is 5.69 Å². The molecular formula is C14H14N2O. The molecule has 1 aromatic heterocycles. The minimum atomic E-state index is 0.322. The van der Waals surface area contributed by atoms with E-state index in [2.05, 4.69) is 22.4 Å². The number of para-hydroxylation sites is 1. The van der Waals surface area contributed by atoms with Gasteiger partial charge in [-0.1, -0.05) is 18.2 Å². The Morgan fingerprint density at radius 1 is 1.12 bits per heavy atom. The number of hydrogen-bond acceptors (Lipinski definition) is 3. The fraction of sp³-hybridized carbons (Fsp3) is 0.214. The Labute approximate surface area is 100 Å². The normalized spacial score (nSPS) is 18.0. The zero-order valence-electron chi connectivity index (χ0n) is 9.47. The number of nitrogens with one attached hydrogen (secondary N) is 1. The second kappa shape index (κ2) is 4.45. The van der Waals surface area contributed by atoms with Gasteiger partial charge in [-0.3, -0.25) is 4.98 Å². The van der Waals surface area contributed by atoms with E-state index >= 15 is 0 Å². The molecule has 0 amide bonds. The summed E-state index contributed by atoms with van der Waals surface area (Å²) in [6.07, 6.45) is 4.58. The lowest BCUT2D eigenvalue weighted by molar-refractivity contribution is 0.274. The van der Waals surface area contributed by atoms with E-state index < -0.39 is 0 Å². The number of fused-ring (bicyclic) bond motifs is 1. The van der Waals surface area contributed by atoms with E-state index in [1.807, 2.05) is 24.3 Å². The molecule has 1 unspecified atom stereocenters. The first-order valence-electron chi connectivity index (χ1n) is 5.82. The van der Waals surface area contributed by atoms with Gasteiger partial charge in [0.1, 0.15) is 5.75 Å². The second-order valence-corrected chi connectivity index (χ2v) is 4.11. The van der Waals surface area contributed by atoms with Gasteiger partial charge in [-0.25, -0.2) is 0 Å². The average Bonchev–Trinajstić information content (AvgIpc) is 2.40. The summed E-state index contributed by atoms with van der Waals surface area (Å²) in [6.45, 7) is 0.764. The molecule has 0 saturated heterocycles. The maximum Gasteiger partial charge on any atom is 0.124 e. The van der Waals surface area contributed by atoms with Crippen LogP contribution in [0.3, 0.4) is 0 Å². The molecule has 0 saturated carbocycles. The maximum absolute atomic E-state index is 5.64. The molecular weight excluding hydrogens is 212 g/mol. The van der Waals surface area contributed by atoms with Crippen molar-refractivity contribution in [2.45, 2.75) is 12.5 Å². The Kier molecular flexibility index (Phi) is 2.66. The summed E-state index contributed by atoms with van der Waals surface area (Å²) in [4.78, 5) is 4.02. The number of benzene rings is 1. The molecule has 1 aliphatic heterocycles. The molecule has 3 rings (SSSR count). The Hall–Kier alpha value is -2.03. The zero-order valence-corrected chi connectivity index (χ0v) is 9.47.